The molecule has 2 atom stereocenters. The van der Waals surface area contributed by atoms with Crippen molar-refractivity contribution >= 4 is 17.8 Å². The summed E-state index contributed by atoms with van der Waals surface area (Å²) in [6, 6.07) is -0.471. The van der Waals surface area contributed by atoms with Gasteiger partial charge in [0.05, 0.1) is 0 Å². The first kappa shape index (κ1) is 14.0. The Morgan fingerprint density at radius 3 is 2.50 bits per heavy atom. The van der Waals surface area contributed by atoms with Crippen molar-refractivity contribution in [2.24, 2.45) is 17.8 Å². The van der Waals surface area contributed by atoms with Crippen LogP contribution >= 0.6 is 0 Å². The Kier molecular flexibility index (Phi) is 3.16. The summed E-state index contributed by atoms with van der Waals surface area (Å²) in [6.45, 7) is 0. The molecule has 3 saturated carbocycles. The number of carbonyl (C=O) groups excluding carboxylic acids is 3. The van der Waals surface area contributed by atoms with Gasteiger partial charge in [0.25, 0.3) is 5.91 Å². The van der Waals surface area contributed by atoms with Crippen LogP contribution in [-0.4, -0.2) is 28.4 Å². The van der Waals surface area contributed by atoms with Crippen molar-refractivity contribution in [2.45, 2.75) is 63.3 Å². The van der Waals surface area contributed by atoms with E-state index in [0.29, 0.717) is 24.7 Å². The molecular weight excluding hydrogens is 282 g/mol. The van der Waals surface area contributed by atoms with Crippen molar-refractivity contribution in [3.05, 3.63) is 0 Å². The standard InChI is InChI=1S/C16H23N3O3/c20-13(12-9-11(12)10-5-4-6-10)18-19-14(21)16(17-15(19)22)7-2-1-3-8-16/h10-12H,1-9H2,(H,17,22)(H,18,20)/t11-,12+/m1/s1. The van der Waals surface area contributed by atoms with Crippen LogP contribution < -0.4 is 10.7 Å². The number of nitrogens with zero attached hydrogens (tertiary/aromatic N) is 1. The van der Waals surface area contributed by atoms with Crippen LogP contribution in [0.2, 0.25) is 0 Å². The topological polar surface area (TPSA) is 78.5 Å². The van der Waals surface area contributed by atoms with Gasteiger partial charge < -0.3 is 5.32 Å². The Balaban J connectivity index is 1.39. The van der Waals surface area contributed by atoms with E-state index in [9.17, 15) is 14.4 Å². The van der Waals surface area contributed by atoms with E-state index in [-0.39, 0.29) is 17.7 Å². The summed E-state index contributed by atoms with van der Waals surface area (Å²) in [5.74, 6) is 0.718. The fourth-order valence-corrected chi connectivity index (χ4v) is 4.31. The van der Waals surface area contributed by atoms with Gasteiger partial charge in [0, 0.05) is 5.92 Å². The fourth-order valence-electron chi connectivity index (χ4n) is 4.31. The van der Waals surface area contributed by atoms with E-state index < -0.39 is 11.6 Å². The molecule has 0 aromatic carbocycles. The van der Waals surface area contributed by atoms with Gasteiger partial charge in [-0.3, -0.25) is 15.0 Å². The molecule has 4 aliphatic rings. The van der Waals surface area contributed by atoms with Crippen molar-refractivity contribution in [3.63, 3.8) is 0 Å². The van der Waals surface area contributed by atoms with E-state index in [2.05, 4.69) is 10.7 Å². The maximum atomic E-state index is 12.6. The van der Waals surface area contributed by atoms with Crippen molar-refractivity contribution in [2.75, 3.05) is 0 Å². The Morgan fingerprint density at radius 1 is 1.14 bits per heavy atom. The minimum absolute atomic E-state index is 0.00574. The Morgan fingerprint density at radius 2 is 1.86 bits per heavy atom. The molecule has 0 aromatic heterocycles. The Bertz CT molecular complexity index is 523. The number of rotatable bonds is 3. The molecule has 1 heterocycles. The second-order valence-electron chi connectivity index (χ2n) is 7.39. The lowest BCUT2D eigenvalue weighted by atomic mass is 9.81. The van der Waals surface area contributed by atoms with Crippen molar-refractivity contribution in [3.8, 4) is 0 Å². The van der Waals surface area contributed by atoms with Gasteiger partial charge in [-0.2, -0.15) is 5.01 Å². The average Bonchev–Trinajstić information content (AvgIpc) is 3.18. The van der Waals surface area contributed by atoms with Crippen LogP contribution in [0.3, 0.4) is 0 Å². The number of nitrogens with one attached hydrogen (secondary N) is 2. The van der Waals surface area contributed by atoms with E-state index in [1.54, 1.807) is 0 Å². The molecule has 6 nitrogen and oxygen atoms in total. The third-order valence-electron chi connectivity index (χ3n) is 6.02. The van der Waals surface area contributed by atoms with Gasteiger partial charge in [0.1, 0.15) is 5.54 Å². The fraction of sp³-hybridized carbons (Fsp3) is 0.812. The van der Waals surface area contributed by atoms with Crippen molar-refractivity contribution < 1.29 is 14.4 Å². The monoisotopic (exact) mass is 305 g/mol. The molecule has 0 radical (unpaired) electrons. The maximum absolute atomic E-state index is 12.6. The number of hydrogen-bond donors (Lipinski definition) is 2. The highest BCUT2D eigenvalue weighted by atomic mass is 16.2. The second-order valence-corrected chi connectivity index (χ2v) is 7.39. The molecule has 0 bridgehead atoms. The average molecular weight is 305 g/mol. The summed E-state index contributed by atoms with van der Waals surface area (Å²) < 4.78 is 0. The predicted molar refractivity (Wildman–Crippen MR) is 78.3 cm³/mol. The zero-order valence-electron chi connectivity index (χ0n) is 12.8. The molecule has 1 spiro atoms. The summed E-state index contributed by atoms with van der Waals surface area (Å²) in [6.07, 6.45) is 8.97. The van der Waals surface area contributed by atoms with E-state index in [4.69, 9.17) is 0 Å². The van der Waals surface area contributed by atoms with Gasteiger partial charge in [-0.05, 0) is 31.1 Å². The number of carbonyl (C=O) groups is 3. The lowest BCUT2D eigenvalue weighted by Crippen LogP contribution is -2.51. The van der Waals surface area contributed by atoms with Crippen LogP contribution in [-0.2, 0) is 9.59 Å². The van der Waals surface area contributed by atoms with Gasteiger partial charge in [-0.15, -0.1) is 0 Å². The molecule has 1 saturated heterocycles. The molecule has 4 fully saturated rings. The highest BCUT2D eigenvalue weighted by Crippen LogP contribution is 2.51. The lowest BCUT2D eigenvalue weighted by Gasteiger charge is -2.30. The number of amides is 4. The third-order valence-corrected chi connectivity index (χ3v) is 6.02. The molecule has 4 rings (SSSR count). The van der Waals surface area contributed by atoms with Gasteiger partial charge >= 0.3 is 6.03 Å². The van der Waals surface area contributed by atoms with Crippen LogP contribution in [0.25, 0.3) is 0 Å². The summed E-state index contributed by atoms with van der Waals surface area (Å²) in [7, 11) is 0. The summed E-state index contributed by atoms with van der Waals surface area (Å²) in [5.41, 5.74) is 1.81. The molecule has 22 heavy (non-hydrogen) atoms. The quantitative estimate of drug-likeness (QED) is 0.779. The number of hydrazine groups is 1. The minimum Gasteiger partial charge on any atom is -0.322 e. The van der Waals surface area contributed by atoms with Crippen LogP contribution in [0.5, 0.6) is 0 Å². The molecule has 3 aliphatic carbocycles. The first-order valence-electron chi connectivity index (χ1n) is 8.58. The normalized spacial score (nSPS) is 33.5. The summed E-state index contributed by atoms with van der Waals surface area (Å²) in [5, 5.41) is 3.75. The van der Waals surface area contributed by atoms with E-state index >= 15 is 0 Å². The molecule has 120 valence electrons. The lowest BCUT2D eigenvalue weighted by molar-refractivity contribution is -0.140. The van der Waals surface area contributed by atoms with Crippen molar-refractivity contribution in [1.82, 2.24) is 15.8 Å². The van der Waals surface area contributed by atoms with Gasteiger partial charge in [-0.1, -0.05) is 38.5 Å². The molecule has 4 amide bonds. The molecule has 6 heteroatoms. The van der Waals surface area contributed by atoms with E-state index in [0.717, 1.165) is 30.7 Å². The zero-order chi connectivity index (χ0) is 15.3. The molecule has 2 N–H and O–H groups in total. The molecule has 0 aromatic rings. The number of imide groups is 1. The highest BCUT2D eigenvalue weighted by molar-refractivity contribution is 6.08. The summed E-state index contributed by atoms with van der Waals surface area (Å²) >= 11 is 0. The van der Waals surface area contributed by atoms with Crippen molar-refractivity contribution in [1.29, 1.82) is 0 Å². The smallest absolute Gasteiger partial charge is 0.322 e. The largest absolute Gasteiger partial charge is 0.344 e. The van der Waals surface area contributed by atoms with Crippen LogP contribution in [0.1, 0.15) is 57.8 Å². The maximum Gasteiger partial charge on any atom is 0.344 e. The summed E-state index contributed by atoms with van der Waals surface area (Å²) in [4.78, 5) is 37.0. The molecular formula is C16H23N3O3. The van der Waals surface area contributed by atoms with Crippen LogP contribution in [0.4, 0.5) is 4.79 Å². The van der Waals surface area contributed by atoms with Gasteiger partial charge in [-0.25, -0.2) is 4.79 Å². The highest BCUT2D eigenvalue weighted by Gasteiger charge is 2.54. The SMILES string of the molecule is O=C(NN1C(=O)NC2(CCCCC2)C1=O)[C@H]1C[C@@H]1C1CCC1. The second kappa shape index (κ2) is 4.96. The third kappa shape index (κ3) is 2.11. The number of hydrogen-bond acceptors (Lipinski definition) is 3. The van der Waals surface area contributed by atoms with Crippen LogP contribution in [0.15, 0.2) is 0 Å². The van der Waals surface area contributed by atoms with E-state index in [1.807, 2.05) is 0 Å². The number of urea groups is 1. The van der Waals surface area contributed by atoms with E-state index in [1.165, 1.54) is 19.3 Å². The van der Waals surface area contributed by atoms with Gasteiger partial charge in [0.15, 0.2) is 0 Å². The minimum atomic E-state index is -0.764. The van der Waals surface area contributed by atoms with Crippen LogP contribution in [0, 0.1) is 17.8 Å². The predicted octanol–water partition coefficient (Wildman–Crippen LogP) is 1.71. The molecule has 1 aliphatic heterocycles. The first-order valence-corrected chi connectivity index (χ1v) is 8.58. The first-order chi connectivity index (χ1) is 10.6. The zero-order valence-corrected chi connectivity index (χ0v) is 12.8. The Hall–Kier alpha value is -1.59. The molecule has 0 unspecified atom stereocenters. The Labute approximate surface area is 130 Å². The van der Waals surface area contributed by atoms with Gasteiger partial charge in [0.2, 0.25) is 5.91 Å².